The van der Waals surface area contributed by atoms with Gasteiger partial charge in [-0.15, -0.1) is 11.8 Å². The molecule has 0 aliphatic carbocycles. The Morgan fingerprint density at radius 2 is 2.40 bits per heavy atom. The summed E-state index contributed by atoms with van der Waals surface area (Å²) in [7, 11) is 1.80. The molecule has 5 heteroatoms. The van der Waals surface area contributed by atoms with E-state index in [1.54, 1.807) is 7.05 Å². The first-order valence-electron chi connectivity index (χ1n) is 4.43. The van der Waals surface area contributed by atoms with Gasteiger partial charge < -0.3 is 5.32 Å². The third kappa shape index (κ3) is 1.64. The molecule has 1 N–H and O–H groups in total. The van der Waals surface area contributed by atoms with Gasteiger partial charge in [-0.25, -0.2) is 4.90 Å². The maximum Gasteiger partial charge on any atom is 0.250 e. The monoisotopic (exact) mass is 219 g/mol. The summed E-state index contributed by atoms with van der Waals surface area (Å²) >= 11 is 1.47. The number of benzene rings is 1. The highest BCUT2D eigenvalue weighted by Gasteiger charge is 2.24. The SMILES string of the molecule is CNc1ccc2c(c1)N(C#N)C(=O)CS2. The van der Waals surface area contributed by atoms with E-state index < -0.39 is 0 Å². The maximum atomic E-state index is 11.4. The van der Waals surface area contributed by atoms with E-state index in [9.17, 15) is 4.79 Å². The Morgan fingerprint density at radius 1 is 1.60 bits per heavy atom. The molecule has 0 saturated carbocycles. The average molecular weight is 219 g/mol. The molecule has 0 aromatic heterocycles. The molecule has 0 atom stereocenters. The molecule has 0 bridgehead atoms. The molecule has 1 aromatic rings. The van der Waals surface area contributed by atoms with Gasteiger partial charge in [0.15, 0.2) is 6.19 Å². The normalized spacial score (nSPS) is 14.4. The van der Waals surface area contributed by atoms with Crippen LogP contribution in [0.4, 0.5) is 11.4 Å². The zero-order valence-electron chi connectivity index (χ0n) is 8.15. The summed E-state index contributed by atoms with van der Waals surface area (Å²) in [5.74, 6) is 0.169. The first-order chi connectivity index (χ1) is 7.26. The first-order valence-corrected chi connectivity index (χ1v) is 5.42. The fraction of sp³-hybridized carbons (Fsp3) is 0.200. The molecular weight excluding hydrogens is 210 g/mol. The third-order valence-corrected chi connectivity index (χ3v) is 3.24. The summed E-state index contributed by atoms with van der Waals surface area (Å²) in [6, 6.07) is 5.66. The van der Waals surface area contributed by atoms with Gasteiger partial charge in [0, 0.05) is 17.6 Å². The Balaban J connectivity index is 2.51. The predicted octanol–water partition coefficient (Wildman–Crippen LogP) is 1.65. The fourth-order valence-electron chi connectivity index (χ4n) is 1.42. The van der Waals surface area contributed by atoms with Crippen LogP contribution in [0.2, 0.25) is 0 Å². The van der Waals surface area contributed by atoms with Crippen molar-refractivity contribution in [3.8, 4) is 6.19 Å². The lowest BCUT2D eigenvalue weighted by atomic mass is 10.2. The summed E-state index contributed by atoms with van der Waals surface area (Å²) in [5.41, 5.74) is 1.56. The molecular formula is C10H9N3OS. The van der Waals surface area contributed by atoms with E-state index >= 15 is 0 Å². The van der Waals surface area contributed by atoms with Crippen molar-refractivity contribution < 1.29 is 4.79 Å². The Morgan fingerprint density at radius 3 is 3.07 bits per heavy atom. The summed E-state index contributed by atoms with van der Waals surface area (Å²) in [5, 5.41) is 11.9. The van der Waals surface area contributed by atoms with Gasteiger partial charge in [-0.05, 0) is 18.2 Å². The molecule has 0 radical (unpaired) electrons. The zero-order chi connectivity index (χ0) is 10.8. The topological polar surface area (TPSA) is 56.1 Å². The number of nitriles is 1. The van der Waals surface area contributed by atoms with E-state index in [1.165, 1.54) is 11.8 Å². The van der Waals surface area contributed by atoms with Crippen LogP contribution in [0.1, 0.15) is 0 Å². The number of amides is 1. The molecule has 1 aliphatic heterocycles. The highest BCUT2D eigenvalue weighted by molar-refractivity contribution is 8.00. The number of hydrogen-bond donors (Lipinski definition) is 1. The van der Waals surface area contributed by atoms with Crippen LogP contribution in [0, 0.1) is 11.5 Å². The number of rotatable bonds is 1. The van der Waals surface area contributed by atoms with Gasteiger partial charge in [0.1, 0.15) is 0 Å². The maximum absolute atomic E-state index is 11.4. The van der Waals surface area contributed by atoms with Crippen molar-refractivity contribution in [3.63, 3.8) is 0 Å². The van der Waals surface area contributed by atoms with E-state index in [0.717, 1.165) is 15.5 Å². The molecule has 76 valence electrons. The number of hydrogen-bond acceptors (Lipinski definition) is 4. The number of nitrogens with zero attached hydrogens (tertiary/aromatic N) is 2. The number of carbonyl (C=O) groups is 1. The second-order valence-corrected chi connectivity index (χ2v) is 4.07. The highest BCUT2D eigenvalue weighted by atomic mass is 32.2. The Kier molecular flexibility index (Phi) is 2.52. The predicted molar refractivity (Wildman–Crippen MR) is 59.8 cm³/mol. The van der Waals surface area contributed by atoms with Crippen LogP contribution in [-0.4, -0.2) is 18.7 Å². The van der Waals surface area contributed by atoms with Gasteiger partial charge in [-0.3, -0.25) is 4.79 Å². The van der Waals surface area contributed by atoms with Gasteiger partial charge in [0.25, 0.3) is 5.91 Å². The van der Waals surface area contributed by atoms with Crippen molar-refractivity contribution in [3.05, 3.63) is 18.2 Å². The molecule has 1 amide bonds. The lowest BCUT2D eigenvalue weighted by Gasteiger charge is -2.22. The standard InChI is InChI=1S/C10H9N3OS/c1-12-7-2-3-9-8(4-7)13(6-11)10(14)5-15-9/h2-4,12H,5H2,1H3. The molecule has 15 heavy (non-hydrogen) atoms. The Bertz CT molecular complexity index is 452. The van der Waals surface area contributed by atoms with Crippen LogP contribution in [0.25, 0.3) is 0 Å². The van der Waals surface area contributed by atoms with Crippen molar-refractivity contribution in [2.45, 2.75) is 4.90 Å². The first kappa shape index (κ1) is 9.87. The van der Waals surface area contributed by atoms with Crippen LogP contribution in [0.5, 0.6) is 0 Å². The van der Waals surface area contributed by atoms with E-state index in [1.807, 2.05) is 24.4 Å². The van der Waals surface area contributed by atoms with Crippen LogP contribution >= 0.6 is 11.8 Å². The van der Waals surface area contributed by atoms with Crippen molar-refractivity contribution in [2.24, 2.45) is 0 Å². The highest BCUT2D eigenvalue weighted by Crippen LogP contribution is 2.36. The van der Waals surface area contributed by atoms with Crippen molar-refractivity contribution in [1.82, 2.24) is 0 Å². The quantitative estimate of drug-likeness (QED) is 0.730. The molecule has 1 aliphatic rings. The van der Waals surface area contributed by atoms with Gasteiger partial charge in [0.2, 0.25) is 0 Å². The molecule has 4 nitrogen and oxygen atoms in total. The summed E-state index contributed by atoms with van der Waals surface area (Å²) < 4.78 is 0. The second-order valence-electron chi connectivity index (χ2n) is 3.05. The van der Waals surface area contributed by atoms with E-state index in [2.05, 4.69) is 5.32 Å². The lowest BCUT2D eigenvalue weighted by molar-refractivity contribution is -0.115. The van der Waals surface area contributed by atoms with Crippen LogP contribution in [-0.2, 0) is 4.79 Å². The summed E-state index contributed by atoms with van der Waals surface area (Å²) in [6.45, 7) is 0. The Labute approximate surface area is 91.9 Å². The molecule has 0 saturated heterocycles. The Hall–Kier alpha value is -1.67. The number of fused-ring (bicyclic) bond motifs is 1. The minimum atomic E-state index is -0.164. The number of nitrogens with one attached hydrogen (secondary N) is 1. The van der Waals surface area contributed by atoms with Crippen molar-refractivity contribution in [1.29, 1.82) is 5.26 Å². The second kappa shape index (κ2) is 3.83. The van der Waals surface area contributed by atoms with Crippen molar-refractivity contribution in [2.75, 3.05) is 23.0 Å². The fourth-order valence-corrected chi connectivity index (χ4v) is 2.29. The van der Waals surface area contributed by atoms with Crippen LogP contribution in [0.15, 0.2) is 23.1 Å². The van der Waals surface area contributed by atoms with E-state index in [4.69, 9.17) is 5.26 Å². The molecule has 2 rings (SSSR count). The zero-order valence-corrected chi connectivity index (χ0v) is 8.97. The van der Waals surface area contributed by atoms with Gasteiger partial charge in [0.05, 0.1) is 11.4 Å². The number of anilines is 2. The smallest absolute Gasteiger partial charge is 0.250 e. The lowest BCUT2D eigenvalue weighted by Crippen LogP contribution is -2.30. The van der Waals surface area contributed by atoms with Crippen LogP contribution in [0.3, 0.4) is 0 Å². The van der Waals surface area contributed by atoms with Gasteiger partial charge in [-0.1, -0.05) is 0 Å². The van der Waals surface area contributed by atoms with Crippen LogP contribution < -0.4 is 10.2 Å². The van der Waals surface area contributed by atoms with E-state index in [-0.39, 0.29) is 5.91 Å². The average Bonchev–Trinajstić information content (AvgIpc) is 2.28. The molecule has 0 fully saturated rings. The largest absolute Gasteiger partial charge is 0.388 e. The van der Waals surface area contributed by atoms with Crippen molar-refractivity contribution >= 4 is 29.0 Å². The van der Waals surface area contributed by atoms with Gasteiger partial charge >= 0.3 is 0 Å². The van der Waals surface area contributed by atoms with Gasteiger partial charge in [-0.2, -0.15) is 5.26 Å². The third-order valence-electron chi connectivity index (χ3n) is 2.19. The molecule has 0 spiro atoms. The molecule has 0 unspecified atom stereocenters. The minimum Gasteiger partial charge on any atom is -0.388 e. The minimum absolute atomic E-state index is 0.164. The number of thioether (sulfide) groups is 1. The summed E-state index contributed by atoms with van der Waals surface area (Å²) in [6.07, 6.45) is 1.90. The van der Waals surface area contributed by atoms with E-state index in [0.29, 0.717) is 11.4 Å². The molecule has 1 heterocycles. The molecule has 1 aromatic carbocycles. The number of carbonyl (C=O) groups excluding carboxylic acids is 1. The summed E-state index contributed by atoms with van der Waals surface area (Å²) in [4.78, 5) is 13.6.